The fourth-order valence-electron chi connectivity index (χ4n) is 1.77. The van der Waals surface area contributed by atoms with Crippen LogP contribution in [0.2, 0.25) is 0 Å². The number of hydrogen-bond donors (Lipinski definition) is 1. The van der Waals surface area contributed by atoms with Crippen LogP contribution in [0, 0.1) is 28.2 Å². The molecule has 15 heavy (non-hydrogen) atoms. The van der Waals surface area contributed by atoms with E-state index >= 15 is 0 Å². The quantitative estimate of drug-likeness (QED) is 0.389. The minimum atomic E-state index is 0.0954. The van der Waals surface area contributed by atoms with E-state index in [0.717, 1.165) is 25.9 Å². The number of piperidine rings is 1. The summed E-state index contributed by atoms with van der Waals surface area (Å²) in [6.07, 6.45) is 4.10. The molecule has 1 aliphatic rings. The summed E-state index contributed by atoms with van der Waals surface area (Å²) in [6, 6.07) is 2.21. The van der Waals surface area contributed by atoms with Crippen LogP contribution in [0.15, 0.2) is 4.99 Å². The van der Waals surface area contributed by atoms with Gasteiger partial charge in [0.05, 0.1) is 6.07 Å². The number of aliphatic imine (C=N–C) groups is 1. The van der Waals surface area contributed by atoms with Gasteiger partial charge in [0.2, 0.25) is 12.2 Å². The van der Waals surface area contributed by atoms with Crippen molar-refractivity contribution in [2.45, 2.75) is 26.2 Å². The lowest BCUT2D eigenvalue weighted by atomic mass is 9.78. The first-order chi connectivity index (χ1) is 7.11. The van der Waals surface area contributed by atoms with Crippen LogP contribution in [0.3, 0.4) is 0 Å². The van der Waals surface area contributed by atoms with Crippen molar-refractivity contribution in [1.29, 1.82) is 10.5 Å². The van der Waals surface area contributed by atoms with Gasteiger partial charge in [-0.2, -0.15) is 10.5 Å². The number of guanidine groups is 1. The van der Waals surface area contributed by atoms with Crippen molar-refractivity contribution in [3.63, 3.8) is 0 Å². The standard InChI is InChI=1S/C10H15N5/c1-10(2-5-11)3-6-15(7-4-10)9(13)14-8-12/h2-4,6-7H2,1H3,(H2,13,14). The summed E-state index contributed by atoms with van der Waals surface area (Å²) < 4.78 is 0. The Bertz CT molecular complexity index is 325. The second kappa shape index (κ2) is 4.65. The maximum Gasteiger partial charge on any atom is 0.209 e. The van der Waals surface area contributed by atoms with E-state index in [4.69, 9.17) is 16.3 Å². The molecule has 5 heteroatoms. The molecule has 1 heterocycles. The largest absolute Gasteiger partial charge is 0.369 e. The molecule has 0 spiro atoms. The zero-order chi connectivity index (χ0) is 11.3. The Labute approximate surface area is 89.8 Å². The van der Waals surface area contributed by atoms with Gasteiger partial charge in [-0.1, -0.05) is 6.92 Å². The molecule has 0 radical (unpaired) electrons. The van der Waals surface area contributed by atoms with Crippen LogP contribution in [0.25, 0.3) is 0 Å². The molecule has 0 aromatic rings. The fourth-order valence-corrected chi connectivity index (χ4v) is 1.77. The van der Waals surface area contributed by atoms with Gasteiger partial charge >= 0.3 is 0 Å². The molecule has 1 aliphatic heterocycles. The van der Waals surface area contributed by atoms with Crippen LogP contribution in [-0.4, -0.2) is 23.9 Å². The van der Waals surface area contributed by atoms with E-state index in [1.807, 2.05) is 4.90 Å². The molecule has 0 unspecified atom stereocenters. The summed E-state index contributed by atoms with van der Waals surface area (Å²) >= 11 is 0. The van der Waals surface area contributed by atoms with Crippen molar-refractivity contribution in [3.05, 3.63) is 0 Å². The average Bonchev–Trinajstić information content (AvgIpc) is 2.19. The molecule has 0 aliphatic carbocycles. The number of nitrogens with zero attached hydrogens (tertiary/aromatic N) is 4. The zero-order valence-electron chi connectivity index (χ0n) is 8.90. The molecule has 0 saturated carbocycles. The minimum absolute atomic E-state index is 0.0954. The maximum atomic E-state index is 8.69. The molecule has 0 amide bonds. The van der Waals surface area contributed by atoms with Crippen molar-refractivity contribution in [2.24, 2.45) is 16.1 Å². The molecule has 1 rings (SSSR count). The Balaban J connectivity index is 2.54. The second-order valence-electron chi connectivity index (χ2n) is 4.20. The SMILES string of the molecule is CC1(CC#N)CCN(C(N)=NC#N)CC1. The Morgan fingerprint density at radius 1 is 1.47 bits per heavy atom. The highest BCUT2D eigenvalue weighted by Gasteiger charge is 2.30. The van der Waals surface area contributed by atoms with Crippen molar-refractivity contribution in [2.75, 3.05) is 13.1 Å². The third-order valence-electron chi connectivity index (χ3n) is 2.96. The maximum absolute atomic E-state index is 8.69. The van der Waals surface area contributed by atoms with Gasteiger partial charge < -0.3 is 10.6 Å². The summed E-state index contributed by atoms with van der Waals surface area (Å²) in [7, 11) is 0. The van der Waals surface area contributed by atoms with E-state index in [1.54, 1.807) is 6.19 Å². The normalized spacial score (nSPS) is 20.5. The van der Waals surface area contributed by atoms with Gasteiger partial charge in [-0.05, 0) is 18.3 Å². The fraction of sp³-hybridized carbons (Fsp3) is 0.700. The highest BCUT2D eigenvalue weighted by atomic mass is 15.3. The Morgan fingerprint density at radius 3 is 2.53 bits per heavy atom. The third-order valence-corrected chi connectivity index (χ3v) is 2.96. The smallest absolute Gasteiger partial charge is 0.209 e. The van der Waals surface area contributed by atoms with Gasteiger partial charge in [0.1, 0.15) is 0 Å². The first-order valence-corrected chi connectivity index (χ1v) is 4.95. The van der Waals surface area contributed by atoms with E-state index in [2.05, 4.69) is 18.0 Å². The molecule has 0 atom stereocenters. The highest BCUT2D eigenvalue weighted by Crippen LogP contribution is 2.33. The van der Waals surface area contributed by atoms with Crippen LogP contribution in [-0.2, 0) is 0 Å². The molecular formula is C10H15N5. The zero-order valence-corrected chi connectivity index (χ0v) is 8.90. The van der Waals surface area contributed by atoms with Crippen molar-refractivity contribution in [3.8, 4) is 12.3 Å². The number of nitriles is 2. The number of nitrogens with two attached hydrogens (primary N) is 1. The molecule has 0 aromatic carbocycles. The minimum Gasteiger partial charge on any atom is -0.369 e. The predicted octanol–water partition coefficient (Wildman–Crippen LogP) is 0.798. The Kier molecular flexibility index (Phi) is 3.51. The first-order valence-electron chi connectivity index (χ1n) is 4.95. The number of hydrogen-bond acceptors (Lipinski definition) is 3. The lowest BCUT2D eigenvalue weighted by Gasteiger charge is -2.38. The predicted molar refractivity (Wildman–Crippen MR) is 56.4 cm³/mol. The van der Waals surface area contributed by atoms with Crippen molar-refractivity contribution >= 4 is 5.96 Å². The highest BCUT2D eigenvalue weighted by molar-refractivity contribution is 5.79. The van der Waals surface area contributed by atoms with E-state index in [9.17, 15) is 0 Å². The van der Waals surface area contributed by atoms with Gasteiger partial charge in [-0.25, -0.2) is 0 Å². The van der Waals surface area contributed by atoms with E-state index in [-0.39, 0.29) is 11.4 Å². The topological polar surface area (TPSA) is 89.2 Å². The molecular weight excluding hydrogens is 190 g/mol. The Hall–Kier alpha value is -1.75. The lowest BCUT2D eigenvalue weighted by molar-refractivity contribution is 0.171. The van der Waals surface area contributed by atoms with Crippen LogP contribution in [0.4, 0.5) is 0 Å². The van der Waals surface area contributed by atoms with E-state index < -0.39 is 0 Å². The summed E-state index contributed by atoms with van der Waals surface area (Å²) in [5, 5.41) is 17.1. The van der Waals surface area contributed by atoms with Gasteiger partial charge in [0.25, 0.3) is 0 Å². The monoisotopic (exact) mass is 205 g/mol. The molecule has 1 saturated heterocycles. The summed E-state index contributed by atoms with van der Waals surface area (Å²) in [6.45, 7) is 3.66. The van der Waals surface area contributed by atoms with Crippen LogP contribution >= 0.6 is 0 Å². The van der Waals surface area contributed by atoms with Crippen molar-refractivity contribution in [1.82, 2.24) is 4.90 Å². The van der Waals surface area contributed by atoms with Crippen LogP contribution in [0.5, 0.6) is 0 Å². The second-order valence-corrected chi connectivity index (χ2v) is 4.20. The van der Waals surface area contributed by atoms with Crippen molar-refractivity contribution < 1.29 is 0 Å². The van der Waals surface area contributed by atoms with Gasteiger partial charge in [-0.3, -0.25) is 0 Å². The number of rotatable bonds is 1. The lowest BCUT2D eigenvalue weighted by Crippen LogP contribution is -2.45. The Morgan fingerprint density at radius 2 is 2.07 bits per heavy atom. The van der Waals surface area contributed by atoms with E-state index in [0.29, 0.717) is 6.42 Å². The summed E-state index contributed by atoms with van der Waals surface area (Å²) in [5.74, 6) is 0.288. The third kappa shape index (κ3) is 2.85. The average molecular weight is 205 g/mol. The van der Waals surface area contributed by atoms with Gasteiger partial charge in [0, 0.05) is 19.5 Å². The summed E-state index contributed by atoms with van der Waals surface area (Å²) in [4.78, 5) is 5.39. The van der Waals surface area contributed by atoms with Crippen LogP contribution < -0.4 is 5.73 Å². The molecule has 0 bridgehead atoms. The summed E-state index contributed by atoms with van der Waals surface area (Å²) in [5.41, 5.74) is 5.71. The first kappa shape index (κ1) is 11.3. The molecule has 0 aromatic heterocycles. The molecule has 2 N–H and O–H groups in total. The van der Waals surface area contributed by atoms with Gasteiger partial charge in [0.15, 0.2) is 0 Å². The van der Waals surface area contributed by atoms with E-state index in [1.165, 1.54) is 0 Å². The molecule has 1 fully saturated rings. The molecule has 80 valence electrons. The molecule has 5 nitrogen and oxygen atoms in total. The number of likely N-dealkylation sites (tertiary alicyclic amines) is 1. The van der Waals surface area contributed by atoms with Gasteiger partial charge in [-0.15, -0.1) is 4.99 Å². The van der Waals surface area contributed by atoms with Crippen LogP contribution in [0.1, 0.15) is 26.2 Å².